The molecule has 0 saturated carbocycles. The molecule has 2 amide bonds. The van der Waals surface area contributed by atoms with Gasteiger partial charge < -0.3 is 19.1 Å². The van der Waals surface area contributed by atoms with Crippen LogP contribution in [0.1, 0.15) is 12.1 Å². The van der Waals surface area contributed by atoms with Gasteiger partial charge in [-0.3, -0.25) is 14.4 Å². The smallest absolute Gasteiger partial charge is 0.242 e. The number of hydrogen-bond acceptors (Lipinski definition) is 4. The summed E-state index contributed by atoms with van der Waals surface area (Å²) < 4.78 is 7.68. The normalized spacial score (nSPS) is 22.8. The van der Waals surface area contributed by atoms with Gasteiger partial charge in [0, 0.05) is 37.3 Å². The molecular weight excluding hydrogens is 346 g/mol. The van der Waals surface area contributed by atoms with E-state index in [1.807, 2.05) is 29.7 Å². The molecule has 7 heteroatoms. The van der Waals surface area contributed by atoms with E-state index in [2.05, 4.69) is 0 Å². The number of likely N-dealkylation sites (tertiary alicyclic amines) is 1. The van der Waals surface area contributed by atoms with Gasteiger partial charge in [0.15, 0.2) is 5.43 Å². The first-order chi connectivity index (χ1) is 13.0. The van der Waals surface area contributed by atoms with Crippen molar-refractivity contribution >= 4 is 22.7 Å². The minimum Gasteiger partial charge on any atom is -0.374 e. The zero-order chi connectivity index (χ0) is 19.1. The second kappa shape index (κ2) is 6.81. The Morgan fingerprint density at radius 1 is 1.22 bits per heavy atom. The van der Waals surface area contributed by atoms with Crippen LogP contribution < -0.4 is 5.43 Å². The monoisotopic (exact) mass is 369 g/mol. The van der Waals surface area contributed by atoms with Crippen molar-refractivity contribution in [1.29, 1.82) is 0 Å². The van der Waals surface area contributed by atoms with E-state index in [4.69, 9.17) is 4.74 Å². The Morgan fingerprint density at radius 3 is 2.81 bits per heavy atom. The molecule has 27 heavy (non-hydrogen) atoms. The molecule has 0 spiro atoms. The zero-order valence-electron chi connectivity index (χ0n) is 15.6. The maximum absolute atomic E-state index is 13.0. The second-order valence-corrected chi connectivity index (χ2v) is 7.28. The molecule has 0 radical (unpaired) electrons. The molecule has 2 aromatic rings. The first-order valence-corrected chi connectivity index (χ1v) is 9.20. The van der Waals surface area contributed by atoms with Crippen LogP contribution in [0.25, 0.3) is 10.9 Å². The summed E-state index contributed by atoms with van der Waals surface area (Å²) in [6.07, 6.45) is 0.247. The van der Waals surface area contributed by atoms with Crippen LogP contribution in [-0.4, -0.2) is 65.1 Å². The lowest BCUT2D eigenvalue weighted by molar-refractivity contribution is -0.134. The van der Waals surface area contributed by atoms with E-state index >= 15 is 0 Å². The number of carbonyl (C=O) groups excluding carboxylic acids is 2. The Bertz CT molecular complexity index is 967. The number of fused-ring (bicyclic) bond motifs is 2. The van der Waals surface area contributed by atoms with Crippen LogP contribution in [0, 0.1) is 6.92 Å². The third kappa shape index (κ3) is 3.12. The molecule has 2 aliphatic rings. The number of aryl methyl sites for hydroxylation is 1. The van der Waals surface area contributed by atoms with Gasteiger partial charge in [-0.2, -0.15) is 0 Å². The summed E-state index contributed by atoms with van der Waals surface area (Å²) in [5.41, 5.74) is 1.47. The number of hydrogen-bond donors (Lipinski definition) is 0. The van der Waals surface area contributed by atoms with Gasteiger partial charge in [-0.1, -0.05) is 12.1 Å². The third-order valence-electron chi connectivity index (χ3n) is 5.65. The quantitative estimate of drug-likeness (QED) is 0.784. The Balaban J connectivity index is 1.58. The minimum atomic E-state index is -0.141. The van der Waals surface area contributed by atoms with Crippen LogP contribution in [0.2, 0.25) is 0 Å². The van der Waals surface area contributed by atoms with E-state index in [0.717, 1.165) is 11.2 Å². The Kier molecular flexibility index (Phi) is 4.47. The molecule has 1 aromatic heterocycles. The molecular formula is C20H23N3O4. The molecule has 0 N–H and O–H groups in total. The van der Waals surface area contributed by atoms with Crippen LogP contribution in [0.15, 0.2) is 35.1 Å². The highest BCUT2D eigenvalue weighted by molar-refractivity contribution is 5.83. The van der Waals surface area contributed by atoms with Crippen molar-refractivity contribution in [3.63, 3.8) is 0 Å². The topological polar surface area (TPSA) is 71.9 Å². The molecule has 0 aliphatic carbocycles. The number of likely N-dealkylation sites (N-methyl/N-ethyl adjacent to an activating group) is 1. The highest BCUT2D eigenvalue weighted by Crippen LogP contribution is 2.23. The van der Waals surface area contributed by atoms with Crippen LogP contribution in [0.3, 0.4) is 0 Å². The Hall–Kier alpha value is -2.67. The minimum absolute atomic E-state index is 0.0376. The van der Waals surface area contributed by atoms with Crippen molar-refractivity contribution in [3.8, 4) is 0 Å². The second-order valence-electron chi connectivity index (χ2n) is 7.28. The van der Waals surface area contributed by atoms with Gasteiger partial charge in [0.2, 0.25) is 11.8 Å². The van der Waals surface area contributed by atoms with Gasteiger partial charge in [0.1, 0.15) is 6.54 Å². The molecule has 4 rings (SSSR count). The number of rotatable bonds is 2. The largest absolute Gasteiger partial charge is 0.374 e. The zero-order valence-corrected chi connectivity index (χ0v) is 15.6. The fourth-order valence-electron chi connectivity index (χ4n) is 4.05. The van der Waals surface area contributed by atoms with Crippen molar-refractivity contribution in [2.24, 2.45) is 0 Å². The number of benzene rings is 1. The number of amides is 2. The van der Waals surface area contributed by atoms with Crippen molar-refractivity contribution in [1.82, 2.24) is 14.4 Å². The maximum Gasteiger partial charge on any atom is 0.242 e. The van der Waals surface area contributed by atoms with E-state index in [-0.39, 0.29) is 35.9 Å². The predicted molar refractivity (Wildman–Crippen MR) is 100 cm³/mol. The summed E-state index contributed by atoms with van der Waals surface area (Å²) >= 11 is 0. The average Bonchev–Trinajstić information content (AvgIpc) is 3.03. The van der Waals surface area contributed by atoms with Crippen LogP contribution in [-0.2, 0) is 20.9 Å². The van der Waals surface area contributed by atoms with E-state index in [1.54, 1.807) is 29.0 Å². The van der Waals surface area contributed by atoms with Gasteiger partial charge in [-0.05, 0) is 19.1 Å². The summed E-state index contributed by atoms with van der Waals surface area (Å²) in [6.45, 7) is 3.35. The number of ether oxygens (including phenoxy) is 1. The molecule has 0 bridgehead atoms. The van der Waals surface area contributed by atoms with Crippen molar-refractivity contribution in [2.75, 3.05) is 26.7 Å². The first-order valence-electron chi connectivity index (χ1n) is 9.20. The first kappa shape index (κ1) is 17.7. The molecule has 0 unspecified atom stereocenters. The Morgan fingerprint density at radius 2 is 2.00 bits per heavy atom. The molecule has 1 aromatic carbocycles. The van der Waals surface area contributed by atoms with Crippen LogP contribution >= 0.6 is 0 Å². The number of carbonyl (C=O) groups is 2. The van der Waals surface area contributed by atoms with Gasteiger partial charge in [0.05, 0.1) is 30.7 Å². The number of pyridine rings is 1. The van der Waals surface area contributed by atoms with Gasteiger partial charge in [0.25, 0.3) is 0 Å². The highest BCUT2D eigenvalue weighted by Gasteiger charge is 2.41. The van der Waals surface area contributed by atoms with Gasteiger partial charge in [-0.15, -0.1) is 0 Å². The van der Waals surface area contributed by atoms with Crippen molar-refractivity contribution < 1.29 is 14.3 Å². The molecule has 2 atom stereocenters. The van der Waals surface area contributed by atoms with Gasteiger partial charge in [-0.25, -0.2) is 0 Å². The third-order valence-corrected chi connectivity index (χ3v) is 5.65. The lowest BCUT2D eigenvalue weighted by Crippen LogP contribution is -2.43. The van der Waals surface area contributed by atoms with E-state index < -0.39 is 0 Å². The summed E-state index contributed by atoms with van der Waals surface area (Å²) in [4.78, 5) is 40.7. The summed E-state index contributed by atoms with van der Waals surface area (Å²) in [5.74, 6) is 0.0171. The predicted octanol–water partition coefficient (Wildman–Crippen LogP) is 0.768. The van der Waals surface area contributed by atoms with Gasteiger partial charge >= 0.3 is 0 Å². The van der Waals surface area contributed by atoms with E-state index in [1.165, 1.54) is 0 Å². The molecule has 7 nitrogen and oxygen atoms in total. The molecule has 142 valence electrons. The van der Waals surface area contributed by atoms with Crippen molar-refractivity contribution in [2.45, 2.75) is 32.0 Å². The van der Waals surface area contributed by atoms with E-state index in [0.29, 0.717) is 31.5 Å². The Labute approximate surface area is 157 Å². The average molecular weight is 369 g/mol. The number of nitrogens with zero attached hydrogens (tertiary/aromatic N) is 3. The molecule has 2 aliphatic heterocycles. The van der Waals surface area contributed by atoms with Crippen LogP contribution in [0.4, 0.5) is 0 Å². The summed E-state index contributed by atoms with van der Waals surface area (Å²) in [7, 11) is 1.78. The lowest BCUT2D eigenvalue weighted by Gasteiger charge is -2.25. The number of para-hydroxylation sites is 1. The summed E-state index contributed by atoms with van der Waals surface area (Å²) in [6, 6.07) is 8.80. The summed E-state index contributed by atoms with van der Waals surface area (Å²) in [5, 5.41) is 0.608. The molecule has 2 fully saturated rings. The standard InChI is InChI=1S/C20H23N3O4/c1-13-9-17(24)14-5-3-4-6-15(14)23(13)12-20(26)22-10-16-18(11-22)27-8-7-19(25)21(16)2/h3-6,9,16,18H,7-8,10-12H2,1-2H3/t16-,18-/m0/s1. The molecule has 3 heterocycles. The van der Waals surface area contributed by atoms with Crippen molar-refractivity contribution in [3.05, 3.63) is 46.2 Å². The number of aromatic nitrogens is 1. The maximum atomic E-state index is 13.0. The SMILES string of the molecule is Cc1cc(=O)c2ccccc2n1CC(=O)N1C[C@@H]2OCCC(=O)N(C)[C@H]2C1. The molecule has 2 saturated heterocycles. The fourth-order valence-corrected chi connectivity index (χ4v) is 4.05. The highest BCUT2D eigenvalue weighted by atomic mass is 16.5. The fraction of sp³-hybridized carbons (Fsp3) is 0.450. The van der Waals surface area contributed by atoms with Crippen LogP contribution in [0.5, 0.6) is 0 Å². The lowest BCUT2D eigenvalue weighted by atomic mass is 10.2. The van der Waals surface area contributed by atoms with E-state index in [9.17, 15) is 14.4 Å².